The van der Waals surface area contributed by atoms with Crippen molar-refractivity contribution in [2.45, 2.75) is 52.0 Å². The Morgan fingerprint density at radius 3 is 2.68 bits per heavy atom. The Balaban J connectivity index is 2.22. The molecule has 1 aliphatic rings. The van der Waals surface area contributed by atoms with Crippen LogP contribution < -0.4 is 10.2 Å². The van der Waals surface area contributed by atoms with Gasteiger partial charge in [-0.05, 0) is 26.7 Å². The van der Waals surface area contributed by atoms with E-state index in [0.717, 1.165) is 25.9 Å². The molecule has 0 atom stereocenters. The van der Waals surface area contributed by atoms with E-state index < -0.39 is 0 Å². The quantitative estimate of drug-likeness (QED) is 0.888. The van der Waals surface area contributed by atoms with Crippen LogP contribution in [0.25, 0.3) is 0 Å². The average Bonchev–Trinajstić information content (AvgIpc) is 2.44. The summed E-state index contributed by atoms with van der Waals surface area (Å²) in [5.41, 5.74) is 0. The first-order chi connectivity index (χ1) is 9.26. The Bertz CT molecular complexity index is 404. The van der Waals surface area contributed by atoms with Gasteiger partial charge in [0.15, 0.2) is 11.6 Å². The van der Waals surface area contributed by atoms with E-state index in [2.05, 4.69) is 27.1 Å². The highest BCUT2D eigenvalue weighted by Gasteiger charge is 2.24. The van der Waals surface area contributed by atoms with E-state index in [9.17, 15) is 4.39 Å². The molecule has 0 saturated heterocycles. The number of aromatic nitrogens is 2. The Labute approximate surface area is 114 Å². The first kappa shape index (κ1) is 14.0. The summed E-state index contributed by atoms with van der Waals surface area (Å²) < 4.78 is 14.0. The fourth-order valence-electron chi connectivity index (χ4n) is 2.78. The summed E-state index contributed by atoms with van der Waals surface area (Å²) in [7, 11) is 0. The van der Waals surface area contributed by atoms with Crippen molar-refractivity contribution in [3.63, 3.8) is 0 Å². The lowest BCUT2D eigenvalue weighted by Crippen LogP contribution is -2.38. The van der Waals surface area contributed by atoms with Crippen molar-refractivity contribution in [1.29, 1.82) is 0 Å². The van der Waals surface area contributed by atoms with Gasteiger partial charge in [-0.3, -0.25) is 0 Å². The number of anilines is 2. The van der Waals surface area contributed by atoms with Crippen LogP contribution in [0.4, 0.5) is 16.2 Å². The second kappa shape index (κ2) is 6.68. The highest BCUT2D eigenvalue weighted by Crippen LogP contribution is 2.27. The molecule has 2 rings (SSSR count). The molecule has 0 unspecified atom stereocenters. The van der Waals surface area contributed by atoms with Crippen LogP contribution in [-0.2, 0) is 0 Å². The van der Waals surface area contributed by atoms with Crippen molar-refractivity contribution in [3.8, 4) is 0 Å². The van der Waals surface area contributed by atoms with Gasteiger partial charge in [0.2, 0.25) is 5.95 Å². The monoisotopic (exact) mass is 266 g/mol. The van der Waals surface area contributed by atoms with Gasteiger partial charge >= 0.3 is 0 Å². The number of rotatable bonds is 5. The minimum atomic E-state index is -0.325. The van der Waals surface area contributed by atoms with Gasteiger partial charge in [0.05, 0.1) is 6.20 Å². The fraction of sp³-hybridized carbons (Fsp3) is 0.714. The lowest BCUT2D eigenvalue weighted by molar-refractivity contribution is 0.412. The van der Waals surface area contributed by atoms with Gasteiger partial charge in [-0.25, -0.2) is 9.37 Å². The van der Waals surface area contributed by atoms with Crippen molar-refractivity contribution < 1.29 is 4.39 Å². The lowest BCUT2D eigenvalue weighted by Gasteiger charge is -2.34. The highest BCUT2D eigenvalue weighted by atomic mass is 19.1. The maximum Gasteiger partial charge on any atom is 0.224 e. The summed E-state index contributed by atoms with van der Waals surface area (Å²) in [6.45, 7) is 5.55. The molecule has 0 spiro atoms. The molecule has 1 fully saturated rings. The molecule has 5 heteroatoms. The molecular weight excluding hydrogens is 243 g/mol. The third-order valence-electron chi connectivity index (χ3n) is 3.69. The SMILES string of the molecule is CCNc1ncc(F)c(N(CC)C2CCCCC2)n1. The summed E-state index contributed by atoms with van der Waals surface area (Å²) >= 11 is 0. The van der Waals surface area contributed by atoms with Gasteiger partial charge < -0.3 is 10.2 Å². The number of nitrogens with zero attached hydrogens (tertiary/aromatic N) is 3. The Morgan fingerprint density at radius 1 is 1.32 bits per heavy atom. The standard InChI is InChI=1S/C14H23FN4/c1-3-16-14-17-10-12(15)13(18-14)19(4-2)11-8-6-5-7-9-11/h10-11H,3-9H2,1-2H3,(H,16,17,18). The van der Waals surface area contributed by atoms with E-state index in [1.807, 2.05) is 6.92 Å². The minimum absolute atomic E-state index is 0.325. The van der Waals surface area contributed by atoms with Crippen LogP contribution in [0.3, 0.4) is 0 Å². The first-order valence-electron chi connectivity index (χ1n) is 7.29. The average molecular weight is 266 g/mol. The largest absolute Gasteiger partial charge is 0.354 e. The van der Waals surface area contributed by atoms with E-state index in [4.69, 9.17) is 0 Å². The molecule has 4 nitrogen and oxygen atoms in total. The van der Waals surface area contributed by atoms with Crippen molar-refractivity contribution in [3.05, 3.63) is 12.0 Å². The van der Waals surface area contributed by atoms with Gasteiger partial charge in [-0.15, -0.1) is 0 Å². The smallest absolute Gasteiger partial charge is 0.224 e. The van der Waals surface area contributed by atoms with E-state index in [0.29, 0.717) is 17.8 Å². The van der Waals surface area contributed by atoms with E-state index in [1.165, 1.54) is 25.5 Å². The zero-order valence-electron chi connectivity index (χ0n) is 11.8. The van der Waals surface area contributed by atoms with Crippen molar-refractivity contribution in [2.75, 3.05) is 23.3 Å². The fourth-order valence-corrected chi connectivity index (χ4v) is 2.78. The Hall–Kier alpha value is -1.39. The molecule has 0 aromatic carbocycles. The summed E-state index contributed by atoms with van der Waals surface area (Å²) in [6.07, 6.45) is 7.29. The summed E-state index contributed by atoms with van der Waals surface area (Å²) in [5.74, 6) is 0.627. The summed E-state index contributed by atoms with van der Waals surface area (Å²) in [6, 6.07) is 0.414. The van der Waals surface area contributed by atoms with Crippen LogP contribution in [0, 0.1) is 5.82 Å². The molecule has 1 aromatic rings. The Morgan fingerprint density at radius 2 is 2.05 bits per heavy atom. The van der Waals surface area contributed by atoms with Gasteiger partial charge in [0.25, 0.3) is 0 Å². The second-order valence-electron chi connectivity index (χ2n) is 4.97. The van der Waals surface area contributed by atoms with Crippen molar-refractivity contribution in [2.24, 2.45) is 0 Å². The maximum absolute atomic E-state index is 14.0. The van der Waals surface area contributed by atoms with Crippen molar-refractivity contribution >= 4 is 11.8 Å². The van der Waals surface area contributed by atoms with Gasteiger partial charge in [-0.2, -0.15) is 4.98 Å². The molecule has 19 heavy (non-hydrogen) atoms. The van der Waals surface area contributed by atoms with Crippen LogP contribution in [-0.4, -0.2) is 29.1 Å². The molecule has 1 saturated carbocycles. The molecule has 0 amide bonds. The molecule has 106 valence electrons. The number of halogens is 1. The van der Waals surface area contributed by atoms with Crippen LogP contribution in [0.5, 0.6) is 0 Å². The van der Waals surface area contributed by atoms with Gasteiger partial charge in [0, 0.05) is 19.1 Å². The number of hydrogen-bond acceptors (Lipinski definition) is 4. The molecule has 1 heterocycles. The van der Waals surface area contributed by atoms with E-state index >= 15 is 0 Å². The predicted octanol–water partition coefficient (Wildman–Crippen LogP) is 3.21. The molecule has 0 radical (unpaired) electrons. The summed E-state index contributed by atoms with van der Waals surface area (Å²) in [4.78, 5) is 10.4. The van der Waals surface area contributed by atoms with E-state index in [-0.39, 0.29) is 5.82 Å². The highest BCUT2D eigenvalue weighted by molar-refractivity contribution is 5.44. The first-order valence-corrected chi connectivity index (χ1v) is 7.29. The predicted molar refractivity (Wildman–Crippen MR) is 76.0 cm³/mol. The third kappa shape index (κ3) is 3.33. The second-order valence-corrected chi connectivity index (χ2v) is 4.97. The Kier molecular flexibility index (Phi) is 4.93. The number of nitrogens with one attached hydrogen (secondary N) is 1. The zero-order chi connectivity index (χ0) is 13.7. The van der Waals surface area contributed by atoms with Crippen molar-refractivity contribution in [1.82, 2.24) is 9.97 Å². The minimum Gasteiger partial charge on any atom is -0.354 e. The molecular formula is C14H23FN4. The van der Waals surface area contributed by atoms with Crippen LogP contribution >= 0.6 is 0 Å². The molecule has 1 N–H and O–H groups in total. The van der Waals surface area contributed by atoms with Gasteiger partial charge in [-0.1, -0.05) is 19.3 Å². The number of hydrogen-bond donors (Lipinski definition) is 1. The van der Waals surface area contributed by atoms with Crippen LogP contribution in [0.2, 0.25) is 0 Å². The topological polar surface area (TPSA) is 41.1 Å². The normalized spacial score (nSPS) is 16.4. The molecule has 1 aromatic heterocycles. The van der Waals surface area contributed by atoms with Crippen LogP contribution in [0.15, 0.2) is 6.20 Å². The summed E-state index contributed by atoms with van der Waals surface area (Å²) in [5, 5.41) is 3.04. The maximum atomic E-state index is 14.0. The third-order valence-corrected chi connectivity index (χ3v) is 3.69. The van der Waals surface area contributed by atoms with E-state index in [1.54, 1.807) is 0 Å². The lowest BCUT2D eigenvalue weighted by atomic mass is 9.94. The molecule has 1 aliphatic carbocycles. The molecule has 0 aliphatic heterocycles. The molecule has 0 bridgehead atoms. The zero-order valence-corrected chi connectivity index (χ0v) is 11.8. The van der Waals surface area contributed by atoms with Gasteiger partial charge in [0.1, 0.15) is 0 Å². The van der Waals surface area contributed by atoms with Crippen LogP contribution in [0.1, 0.15) is 46.0 Å².